The topological polar surface area (TPSA) is 117 Å². The highest BCUT2D eigenvalue weighted by Crippen LogP contribution is 2.71. The van der Waals surface area contributed by atoms with E-state index in [-0.39, 0.29) is 66.2 Å². The molecule has 2 bridgehead atoms. The van der Waals surface area contributed by atoms with Crippen molar-refractivity contribution in [2.24, 2.45) is 17.3 Å². The van der Waals surface area contributed by atoms with Crippen LogP contribution in [0.5, 0.6) is 0 Å². The Morgan fingerprint density at radius 2 is 1.95 bits per heavy atom. The van der Waals surface area contributed by atoms with Gasteiger partial charge in [-0.05, 0) is 62.7 Å². The summed E-state index contributed by atoms with van der Waals surface area (Å²) in [6.45, 7) is 8.40. The van der Waals surface area contributed by atoms with E-state index >= 15 is 0 Å². The lowest BCUT2D eigenvalue weighted by atomic mass is 9.45. The number of hydrogen-bond donors (Lipinski definition) is 2. The number of hydrogen-bond acceptors (Lipinski definition) is 7. The average Bonchev–Trinajstić information content (AvgIpc) is 3.65. The Balaban J connectivity index is 0.990. The third kappa shape index (κ3) is 4.41. The third-order valence-electron chi connectivity index (χ3n) is 9.91. The maximum atomic E-state index is 13.6. The van der Waals surface area contributed by atoms with Gasteiger partial charge in [0.15, 0.2) is 8.38 Å². The van der Waals surface area contributed by atoms with Crippen LogP contribution in [0.1, 0.15) is 65.7 Å². The van der Waals surface area contributed by atoms with Crippen molar-refractivity contribution in [3.05, 3.63) is 12.2 Å². The summed E-state index contributed by atoms with van der Waals surface area (Å²) in [5.41, 5.74) is 0.0660. The van der Waals surface area contributed by atoms with Crippen molar-refractivity contribution in [1.82, 2.24) is 20.4 Å². The van der Waals surface area contributed by atoms with Gasteiger partial charge in [-0.2, -0.15) is 0 Å². The fourth-order valence-corrected chi connectivity index (χ4v) is 9.84. The van der Waals surface area contributed by atoms with E-state index in [9.17, 15) is 19.2 Å². The smallest absolute Gasteiger partial charge is 0.253 e. The van der Waals surface area contributed by atoms with Gasteiger partial charge in [0, 0.05) is 44.2 Å². The average molecular weight is 547 g/mol. The molecule has 0 spiro atoms. The first-order valence-corrected chi connectivity index (χ1v) is 15.3. The van der Waals surface area contributed by atoms with E-state index in [1.54, 1.807) is 0 Å². The van der Waals surface area contributed by atoms with Crippen LogP contribution in [-0.4, -0.2) is 82.6 Å². The molecule has 3 saturated carbocycles. The molecule has 0 aromatic rings. The molecular weight excluding hydrogens is 507 g/mol. The Bertz CT molecular complexity index is 1050. The molecule has 11 heteroatoms. The number of nitrogens with zero attached hydrogens (tertiary/aromatic N) is 2. The molecule has 38 heavy (non-hydrogen) atoms. The molecule has 3 aliphatic carbocycles. The van der Waals surface area contributed by atoms with Crippen molar-refractivity contribution >= 4 is 32.0 Å². The highest BCUT2D eigenvalue weighted by molar-refractivity contribution is 7.48. The molecule has 4 amide bonds. The molecule has 4 heterocycles. The maximum Gasteiger partial charge on any atom is 0.253 e. The molecule has 3 saturated heterocycles. The molecule has 5 unspecified atom stereocenters. The standard InChI is InChI=1S/C27H39N4O6P/c1-26(2)16-12-18(26)24-27(3,14-16)37-38(36-24)23-7-5-11-31(23)25(35)19-13-17(15-28-19)29-20(32)6-4-10-30-21(33)8-9-22(30)34/h8-9,16-19,23-24,28H,4-7,10-15H2,1-3H3,(H,29,32)/t16?,17-,18?,19+,23-,24?,27?,38?/m1/s1. The van der Waals surface area contributed by atoms with Crippen molar-refractivity contribution < 1.29 is 28.2 Å². The lowest BCUT2D eigenvalue weighted by Crippen LogP contribution is -2.63. The second-order valence-corrected chi connectivity index (χ2v) is 14.2. The Morgan fingerprint density at radius 1 is 1.18 bits per heavy atom. The van der Waals surface area contributed by atoms with Gasteiger partial charge in [-0.1, -0.05) is 13.8 Å². The van der Waals surface area contributed by atoms with Crippen LogP contribution >= 0.6 is 8.38 Å². The van der Waals surface area contributed by atoms with Gasteiger partial charge in [0.2, 0.25) is 11.8 Å². The summed E-state index contributed by atoms with van der Waals surface area (Å²) in [5, 5.41) is 6.31. The first-order chi connectivity index (χ1) is 18.1. The Morgan fingerprint density at radius 3 is 2.68 bits per heavy atom. The molecular formula is C27H39N4O6P. The van der Waals surface area contributed by atoms with Crippen LogP contribution in [0.25, 0.3) is 0 Å². The van der Waals surface area contributed by atoms with E-state index in [2.05, 4.69) is 31.4 Å². The second-order valence-electron chi connectivity index (χ2n) is 12.7. The molecule has 208 valence electrons. The number of likely N-dealkylation sites (tertiary alicyclic amines) is 1. The van der Waals surface area contributed by atoms with Gasteiger partial charge in [-0.3, -0.25) is 24.1 Å². The lowest BCUT2D eigenvalue weighted by molar-refractivity contribution is -0.185. The summed E-state index contributed by atoms with van der Waals surface area (Å²) in [6.07, 6.45) is 7.89. The van der Waals surface area contributed by atoms with E-state index in [4.69, 9.17) is 9.05 Å². The second kappa shape index (κ2) is 9.65. The van der Waals surface area contributed by atoms with Crippen LogP contribution in [0.2, 0.25) is 0 Å². The van der Waals surface area contributed by atoms with E-state index in [0.29, 0.717) is 43.2 Å². The Kier molecular flexibility index (Phi) is 6.69. The Hall–Kier alpha value is -1.87. The highest BCUT2D eigenvalue weighted by atomic mass is 31.2. The van der Waals surface area contributed by atoms with Crippen molar-refractivity contribution in [3.63, 3.8) is 0 Å². The van der Waals surface area contributed by atoms with Gasteiger partial charge in [-0.15, -0.1) is 0 Å². The summed E-state index contributed by atoms with van der Waals surface area (Å²) in [7, 11) is -1.16. The third-order valence-corrected chi connectivity index (χ3v) is 12.0. The van der Waals surface area contributed by atoms with Crippen LogP contribution in [0, 0.1) is 17.3 Å². The predicted octanol–water partition coefficient (Wildman–Crippen LogP) is 2.04. The quantitative estimate of drug-likeness (QED) is 0.371. The number of rotatable bonds is 7. The van der Waals surface area contributed by atoms with E-state index in [0.717, 1.165) is 24.2 Å². The molecule has 0 radical (unpaired) electrons. The van der Waals surface area contributed by atoms with Crippen molar-refractivity contribution in [1.29, 1.82) is 0 Å². The molecule has 7 rings (SSSR count). The maximum absolute atomic E-state index is 13.6. The van der Waals surface area contributed by atoms with Crippen LogP contribution in [0.15, 0.2) is 12.2 Å². The van der Waals surface area contributed by atoms with Crippen LogP contribution in [0.4, 0.5) is 0 Å². The normalized spacial score (nSPS) is 41.0. The lowest BCUT2D eigenvalue weighted by Gasteiger charge is -2.62. The number of carbonyl (C=O) groups excluding carboxylic acids is 4. The molecule has 8 atom stereocenters. The predicted molar refractivity (Wildman–Crippen MR) is 139 cm³/mol. The van der Waals surface area contributed by atoms with Crippen molar-refractivity contribution in [3.8, 4) is 0 Å². The van der Waals surface area contributed by atoms with E-state index in [1.807, 2.05) is 4.90 Å². The SMILES string of the molecule is CC12CC3CC(C1OP([C@@H]1CCCN1C(=O)[C@@H]1C[C@@H](NC(=O)CCCN4C(=O)C=CC4=O)CN1)O2)C3(C)C. The fraction of sp³-hybridized carbons (Fsp3) is 0.778. The van der Waals surface area contributed by atoms with E-state index < -0.39 is 8.38 Å². The minimum atomic E-state index is -1.16. The van der Waals surface area contributed by atoms with Crippen molar-refractivity contribution in [2.45, 2.75) is 95.3 Å². The van der Waals surface area contributed by atoms with Gasteiger partial charge in [0.25, 0.3) is 11.8 Å². The molecule has 0 aromatic carbocycles. The molecule has 0 aromatic heterocycles. The summed E-state index contributed by atoms with van der Waals surface area (Å²) in [5.74, 6) is 0.469. The molecule has 6 fully saturated rings. The van der Waals surface area contributed by atoms with Crippen LogP contribution in [0.3, 0.4) is 0 Å². The number of amides is 4. The van der Waals surface area contributed by atoms with Gasteiger partial charge in [0.1, 0.15) is 5.78 Å². The van der Waals surface area contributed by atoms with Gasteiger partial charge >= 0.3 is 0 Å². The van der Waals surface area contributed by atoms with Gasteiger partial charge < -0.3 is 24.6 Å². The molecule has 10 nitrogen and oxygen atoms in total. The minimum absolute atomic E-state index is 0.0128. The monoisotopic (exact) mass is 546 g/mol. The number of nitrogens with one attached hydrogen (secondary N) is 2. The van der Waals surface area contributed by atoms with Crippen molar-refractivity contribution in [2.75, 3.05) is 19.6 Å². The zero-order valence-corrected chi connectivity index (χ0v) is 23.4. The minimum Gasteiger partial charge on any atom is -0.352 e. The summed E-state index contributed by atoms with van der Waals surface area (Å²) in [6, 6.07) is -0.469. The summed E-state index contributed by atoms with van der Waals surface area (Å²) in [4.78, 5) is 52.4. The van der Waals surface area contributed by atoms with Gasteiger partial charge in [0.05, 0.1) is 17.7 Å². The van der Waals surface area contributed by atoms with Gasteiger partial charge in [-0.25, -0.2) is 0 Å². The zero-order chi connectivity index (χ0) is 26.8. The zero-order valence-electron chi connectivity index (χ0n) is 22.5. The highest BCUT2D eigenvalue weighted by Gasteiger charge is 2.67. The molecule has 4 aliphatic heterocycles. The van der Waals surface area contributed by atoms with Crippen LogP contribution in [-0.2, 0) is 28.2 Å². The molecule has 7 aliphatic rings. The fourth-order valence-electron chi connectivity index (χ4n) is 7.50. The number of carbonyl (C=O) groups is 4. The Labute approximate surface area is 225 Å². The largest absolute Gasteiger partial charge is 0.352 e. The molecule has 2 N–H and O–H groups in total. The first-order valence-electron chi connectivity index (χ1n) is 14.1. The van der Waals surface area contributed by atoms with Crippen LogP contribution < -0.4 is 10.6 Å². The first kappa shape index (κ1) is 26.4. The number of imide groups is 1. The summed E-state index contributed by atoms with van der Waals surface area (Å²) >= 11 is 0. The van der Waals surface area contributed by atoms with E-state index in [1.165, 1.54) is 18.6 Å². The summed E-state index contributed by atoms with van der Waals surface area (Å²) < 4.78 is 13.3.